The van der Waals surface area contributed by atoms with E-state index in [-0.39, 0.29) is 41.5 Å². The van der Waals surface area contributed by atoms with Gasteiger partial charge in [-0.25, -0.2) is 19.9 Å². The molecule has 4 aromatic rings. The Labute approximate surface area is 253 Å². The summed E-state index contributed by atoms with van der Waals surface area (Å²) < 4.78 is 42.0. The molecule has 0 spiro atoms. The molecule has 2 aromatic heterocycles. The van der Waals surface area contributed by atoms with Crippen molar-refractivity contribution < 1.29 is 18.0 Å². The highest BCUT2D eigenvalue weighted by Gasteiger charge is 2.39. The minimum atomic E-state index is -4.61. The normalized spacial score (nSPS) is 14.0. The maximum absolute atomic E-state index is 14.0. The van der Waals surface area contributed by atoms with E-state index in [0.29, 0.717) is 36.1 Å². The number of hydrogen-bond acceptors (Lipinski definition) is 8. The van der Waals surface area contributed by atoms with Crippen LogP contribution in [-0.2, 0) is 12.7 Å². The van der Waals surface area contributed by atoms with Gasteiger partial charge < -0.3 is 16.4 Å². The van der Waals surface area contributed by atoms with Crippen LogP contribution in [0.5, 0.6) is 0 Å². The molecule has 0 atom stereocenters. The van der Waals surface area contributed by atoms with Crippen LogP contribution in [0.3, 0.4) is 0 Å². The molecule has 43 heavy (non-hydrogen) atoms. The summed E-state index contributed by atoms with van der Waals surface area (Å²) in [5, 5.41) is 5.84. The second-order valence-corrected chi connectivity index (χ2v) is 11.1. The third kappa shape index (κ3) is 7.64. The van der Waals surface area contributed by atoms with Crippen molar-refractivity contribution >= 4 is 35.6 Å². The molecule has 1 aliphatic rings. The number of amides is 1. The van der Waals surface area contributed by atoms with Gasteiger partial charge >= 0.3 is 6.18 Å². The van der Waals surface area contributed by atoms with Gasteiger partial charge in [-0.1, -0.05) is 12.1 Å². The molecule has 4 N–H and O–H groups in total. The summed E-state index contributed by atoms with van der Waals surface area (Å²) >= 11 is 0. The van der Waals surface area contributed by atoms with Crippen LogP contribution in [0.4, 0.5) is 30.5 Å². The zero-order valence-electron chi connectivity index (χ0n) is 23.8. The smallest absolute Gasteiger partial charge is 0.325 e. The van der Waals surface area contributed by atoms with Gasteiger partial charge in [-0.3, -0.25) is 9.69 Å². The molecule has 0 saturated carbocycles. The Morgan fingerprint density at radius 1 is 1.07 bits per heavy atom. The number of likely N-dealkylation sites (tertiary alicyclic amines) is 1. The Kier molecular flexibility index (Phi) is 9.33. The van der Waals surface area contributed by atoms with Crippen LogP contribution in [0.25, 0.3) is 11.3 Å². The van der Waals surface area contributed by atoms with Crippen LogP contribution in [0, 0.1) is 12.8 Å². The SMILES string of the molecule is Cc1ccc(NC(=O)c2ccc(CN3CC(C(C)(C)N)C3)c(C(F)(F)F)c2)cc1Nc1nccc(-c2cncnc2)n1.Cl. The largest absolute Gasteiger partial charge is 0.416 e. The van der Waals surface area contributed by atoms with Crippen LogP contribution in [-0.4, -0.2) is 49.4 Å². The lowest BCUT2D eigenvalue weighted by atomic mass is 9.82. The van der Waals surface area contributed by atoms with Crippen molar-refractivity contribution in [2.24, 2.45) is 11.7 Å². The van der Waals surface area contributed by atoms with Gasteiger partial charge in [0.15, 0.2) is 0 Å². The van der Waals surface area contributed by atoms with Crippen molar-refractivity contribution in [3.05, 3.63) is 89.6 Å². The lowest BCUT2D eigenvalue weighted by Gasteiger charge is -2.46. The fourth-order valence-electron chi connectivity index (χ4n) is 4.70. The maximum atomic E-state index is 14.0. The molecule has 2 aromatic carbocycles. The van der Waals surface area contributed by atoms with Gasteiger partial charge in [0.2, 0.25) is 5.95 Å². The first-order valence-corrected chi connectivity index (χ1v) is 13.4. The summed E-state index contributed by atoms with van der Waals surface area (Å²) in [5.41, 5.74) is 8.16. The first-order valence-electron chi connectivity index (χ1n) is 13.4. The van der Waals surface area contributed by atoms with Crippen molar-refractivity contribution in [2.45, 2.75) is 39.0 Å². The van der Waals surface area contributed by atoms with Crippen LogP contribution in [0.1, 0.15) is 40.9 Å². The second-order valence-electron chi connectivity index (χ2n) is 11.1. The number of halogens is 4. The van der Waals surface area contributed by atoms with E-state index in [9.17, 15) is 18.0 Å². The Bertz CT molecular complexity index is 1590. The Morgan fingerprint density at radius 2 is 1.79 bits per heavy atom. The maximum Gasteiger partial charge on any atom is 0.416 e. The minimum Gasteiger partial charge on any atom is -0.325 e. The van der Waals surface area contributed by atoms with Gasteiger partial charge in [-0.05, 0) is 62.2 Å². The highest BCUT2D eigenvalue weighted by molar-refractivity contribution is 6.04. The van der Waals surface area contributed by atoms with E-state index in [2.05, 4.69) is 30.6 Å². The monoisotopic (exact) mass is 612 g/mol. The fourth-order valence-corrected chi connectivity index (χ4v) is 4.70. The lowest BCUT2D eigenvalue weighted by Crippen LogP contribution is -2.58. The molecule has 0 bridgehead atoms. The summed E-state index contributed by atoms with van der Waals surface area (Å²) in [6, 6.07) is 10.6. The minimum absolute atomic E-state index is 0. The molecule has 13 heteroatoms. The van der Waals surface area contributed by atoms with Crippen molar-refractivity contribution in [1.82, 2.24) is 24.8 Å². The zero-order chi connectivity index (χ0) is 30.1. The molecular weight excluding hydrogens is 581 g/mol. The summed E-state index contributed by atoms with van der Waals surface area (Å²) in [6.07, 6.45) is 1.70. The number of hydrogen-bond donors (Lipinski definition) is 3. The number of carbonyl (C=O) groups is 1. The van der Waals surface area contributed by atoms with Gasteiger partial charge in [0.25, 0.3) is 5.91 Å². The van der Waals surface area contributed by atoms with E-state index < -0.39 is 17.6 Å². The molecule has 3 heterocycles. The van der Waals surface area contributed by atoms with Gasteiger partial charge in [0.05, 0.1) is 11.3 Å². The zero-order valence-corrected chi connectivity index (χ0v) is 24.6. The molecule has 1 fully saturated rings. The predicted molar refractivity (Wildman–Crippen MR) is 161 cm³/mol. The number of nitrogens with zero attached hydrogens (tertiary/aromatic N) is 5. The molecule has 1 saturated heterocycles. The number of aromatic nitrogens is 4. The molecule has 1 amide bonds. The standard InChI is InChI=1S/C30H31F3N8O.ClH/c1-18-4-7-23(11-26(18)40-28-37-9-8-25(39-28)21-12-35-17-36-13-21)38-27(42)19-5-6-20(24(10-19)30(31,32)33)14-41-15-22(16-41)29(2,3)34;/h4-13,17,22H,14-16,34H2,1-3H3,(H,38,42)(H,37,39,40);1H. The molecule has 1 aliphatic heterocycles. The lowest BCUT2D eigenvalue weighted by molar-refractivity contribution is -0.138. The fraction of sp³-hybridized carbons (Fsp3) is 0.300. The van der Waals surface area contributed by atoms with Crippen LogP contribution in [0.15, 0.2) is 67.4 Å². The van der Waals surface area contributed by atoms with Gasteiger partial charge in [-0.15, -0.1) is 12.4 Å². The van der Waals surface area contributed by atoms with E-state index in [1.807, 2.05) is 25.7 Å². The second kappa shape index (κ2) is 12.6. The molecule has 226 valence electrons. The number of nitrogens with one attached hydrogen (secondary N) is 2. The molecule has 9 nitrogen and oxygen atoms in total. The summed E-state index contributed by atoms with van der Waals surface area (Å²) in [6.45, 7) is 7.10. The van der Waals surface area contributed by atoms with Gasteiger partial charge in [0, 0.05) is 72.2 Å². The number of aryl methyl sites for hydroxylation is 1. The summed E-state index contributed by atoms with van der Waals surface area (Å²) in [4.78, 5) is 31.7. The number of nitrogens with two attached hydrogens (primary N) is 1. The highest BCUT2D eigenvalue weighted by atomic mass is 35.5. The first kappa shape index (κ1) is 31.8. The molecule has 0 aliphatic carbocycles. The number of rotatable bonds is 8. The molecule has 0 unspecified atom stereocenters. The number of benzene rings is 2. The van der Waals surface area contributed by atoms with Gasteiger partial charge in [-0.2, -0.15) is 13.2 Å². The Hall–Kier alpha value is -4.13. The van der Waals surface area contributed by atoms with E-state index in [0.717, 1.165) is 17.2 Å². The molecule has 0 radical (unpaired) electrons. The molecular formula is C30H32ClF3N8O. The van der Waals surface area contributed by atoms with Crippen molar-refractivity contribution in [2.75, 3.05) is 23.7 Å². The van der Waals surface area contributed by atoms with E-state index in [1.165, 1.54) is 18.5 Å². The topological polar surface area (TPSA) is 122 Å². The quantitative estimate of drug-likeness (QED) is 0.227. The summed E-state index contributed by atoms with van der Waals surface area (Å²) in [7, 11) is 0. The predicted octanol–water partition coefficient (Wildman–Crippen LogP) is 5.85. The van der Waals surface area contributed by atoms with E-state index in [1.54, 1.807) is 42.9 Å². The van der Waals surface area contributed by atoms with Crippen molar-refractivity contribution in [3.8, 4) is 11.3 Å². The van der Waals surface area contributed by atoms with Crippen LogP contribution >= 0.6 is 12.4 Å². The summed E-state index contributed by atoms with van der Waals surface area (Å²) in [5.74, 6) is -0.116. The first-order chi connectivity index (χ1) is 19.9. The van der Waals surface area contributed by atoms with E-state index >= 15 is 0 Å². The Morgan fingerprint density at radius 3 is 2.47 bits per heavy atom. The highest BCUT2D eigenvalue weighted by Crippen LogP contribution is 2.35. The van der Waals surface area contributed by atoms with Crippen molar-refractivity contribution in [3.63, 3.8) is 0 Å². The number of alkyl halides is 3. The average Bonchev–Trinajstić information content (AvgIpc) is 2.92. The third-order valence-corrected chi connectivity index (χ3v) is 7.33. The van der Waals surface area contributed by atoms with Crippen molar-refractivity contribution in [1.29, 1.82) is 0 Å². The number of anilines is 3. The molecule has 5 rings (SSSR count). The van der Waals surface area contributed by atoms with Gasteiger partial charge in [0.1, 0.15) is 6.33 Å². The third-order valence-electron chi connectivity index (χ3n) is 7.33. The van der Waals surface area contributed by atoms with Crippen LogP contribution in [0.2, 0.25) is 0 Å². The van der Waals surface area contributed by atoms with Crippen LogP contribution < -0.4 is 16.4 Å². The van der Waals surface area contributed by atoms with E-state index in [4.69, 9.17) is 5.73 Å². The Balaban J connectivity index is 0.00000423. The average molecular weight is 613 g/mol. The number of carbonyl (C=O) groups excluding carboxylic acids is 1.